The number of aromatic nitrogens is 1. The van der Waals surface area contributed by atoms with Crippen molar-refractivity contribution in [1.29, 1.82) is 0 Å². The number of hydrogen-bond donors (Lipinski definition) is 2. The van der Waals surface area contributed by atoms with Crippen molar-refractivity contribution in [3.05, 3.63) is 23.9 Å². The van der Waals surface area contributed by atoms with Crippen molar-refractivity contribution in [3.8, 4) is 0 Å². The number of piperazine rings is 1. The molecule has 1 aromatic rings. The predicted octanol–water partition coefficient (Wildman–Crippen LogP) is 0.823. The first-order valence-electron chi connectivity index (χ1n) is 8.43. The molecule has 6 heteroatoms. The van der Waals surface area contributed by atoms with Crippen molar-refractivity contribution in [2.45, 2.75) is 32.9 Å². The van der Waals surface area contributed by atoms with Crippen LogP contribution < -0.4 is 16.0 Å². The van der Waals surface area contributed by atoms with Gasteiger partial charge in [0, 0.05) is 38.9 Å². The van der Waals surface area contributed by atoms with Gasteiger partial charge in [0.25, 0.3) is 0 Å². The van der Waals surface area contributed by atoms with Gasteiger partial charge < -0.3 is 20.9 Å². The molecule has 2 heterocycles. The van der Waals surface area contributed by atoms with E-state index in [1.165, 1.54) is 0 Å². The maximum atomic E-state index is 12.0. The first-order chi connectivity index (χ1) is 11.0. The summed E-state index contributed by atoms with van der Waals surface area (Å²) in [5.74, 6) is 1.10. The van der Waals surface area contributed by atoms with Gasteiger partial charge in [-0.1, -0.05) is 26.3 Å². The molecule has 2 rings (SSSR count). The van der Waals surface area contributed by atoms with E-state index >= 15 is 0 Å². The zero-order valence-corrected chi connectivity index (χ0v) is 14.5. The van der Waals surface area contributed by atoms with Gasteiger partial charge in [-0.15, -0.1) is 0 Å². The number of carbonyl (C=O) groups is 1. The van der Waals surface area contributed by atoms with Crippen LogP contribution in [0.15, 0.2) is 18.3 Å². The summed E-state index contributed by atoms with van der Waals surface area (Å²) in [6.07, 6.45) is 2.73. The molecule has 0 spiro atoms. The summed E-state index contributed by atoms with van der Waals surface area (Å²) in [6, 6.07) is 3.61. The quantitative estimate of drug-likeness (QED) is 0.812. The number of hydrogen-bond acceptors (Lipinski definition) is 5. The smallest absolute Gasteiger partial charge is 0.237 e. The van der Waals surface area contributed by atoms with Crippen LogP contribution in [0.2, 0.25) is 0 Å². The molecule has 1 aliphatic heterocycles. The van der Waals surface area contributed by atoms with Crippen LogP contribution in [0, 0.1) is 5.92 Å². The topological polar surface area (TPSA) is 74.5 Å². The highest BCUT2D eigenvalue weighted by Crippen LogP contribution is 2.13. The van der Waals surface area contributed by atoms with Gasteiger partial charge in [0.05, 0.1) is 6.04 Å². The molecule has 23 heavy (non-hydrogen) atoms. The summed E-state index contributed by atoms with van der Waals surface area (Å²) in [5.41, 5.74) is 6.92. The van der Waals surface area contributed by atoms with Crippen LogP contribution in [0.4, 0.5) is 5.82 Å². The molecule has 0 bridgehead atoms. The van der Waals surface area contributed by atoms with Gasteiger partial charge in [0.15, 0.2) is 0 Å². The van der Waals surface area contributed by atoms with Crippen molar-refractivity contribution >= 4 is 11.7 Å². The largest absolute Gasteiger partial charge is 0.354 e. The molecule has 0 radical (unpaired) electrons. The van der Waals surface area contributed by atoms with E-state index in [1.807, 2.05) is 32.2 Å². The molecule has 1 amide bonds. The molecule has 0 aliphatic carbocycles. The fraction of sp³-hybridized carbons (Fsp3) is 0.647. The summed E-state index contributed by atoms with van der Waals surface area (Å²) in [5, 5.41) is 2.89. The van der Waals surface area contributed by atoms with Crippen LogP contribution in [-0.2, 0) is 11.3 Å². The summed E-state index contributed by atoms with van der Waals surface area (Å²) in [7, 11) is 2.14. The van der Waals surface area contributed by atoms with Gasteiger partial charge in [0.2, 0.25) is 5.91 Å². The minimum absolute atomic E-state index is 0.0949. The highest BCUT2D eigenvalue weighted by molar-refractivity contribution is 5.81. The second-order valence-corrected chi connectivity index (χ2v) is 6.44. The van der Waals surface area contributed by atoms with E-state index in [0.717, 1.165) is 44.0 Å². The number of amides is 1. The van der Waals surface area contributed by atoms with Crippen molar-refractivity contribution < 1.29 is 4.79 Å². The van der Waals surface area contributed by atoms with Crippen LogP contribution in [0.25, 0.3) is 0 Å². The normalized spacial score (nSPS) is 18.5. The van der Waals surface area contributed by atoms with E-state index < -0.39 is 6.04 Å². The van der Waals surface area contributed by atoms with E-state index in [2.05, 4.69) is 27.1 Å². The molecule has 128 valence electrons. The standard InChI is InChI=1S/C17H29N5O/c1-4-13(2)16(18)17(23)20-12-14-5-6-15(19-11-14)22-9-7-21(3)8-10-22/h5-6,11,13,16H,4,7-10,12,18H2,1-3H3,(H,20,23). The minimum Gasteiger partial charge on any atom is -0.354 e. The molecule has 0 aromatic carbocycles. The lowest BCUT2D eigenvalue weighted by Gasteiger charge is -2.33. The molecule has 6 nitrogen and oxygen atoms in total. The number of rotatable bonds is 6. The van der Waals surface area contributed by atoms with Gasteiger partial charge in [-0.05, 0) is 24.6 Å². The Bertz CT molecular complexity index is 496. The summed E-state index contributed by atoms with van der Waals surface area (Å²) < 4.78 is 0. The van der Waals surface area contributed by atoms with Crippen molar-refractivity contribution in [2.24, 2.45) is 11.7 Å². The Hall–Kier alpha value is -1.66. The van der Waals surface area contributed by atoms with Crippen LogP contribution in [0.3, 0.4) is 0 Å². The molecule has 3 N–H and O–H groups in total. The Labute approximate surface area is 139 Å². The van der Waals surface area contributed by atoms with Crippen LogP contribution in [0.1, 0.15) is 25.8 Å². The maximum absolute atomic E-state index is 12.0. The molecular formula is C17H29N5O. The van der Waals surface area contributed by atoms with Crippen molar-refractivity contribution in [3.63, 3.8) is 0 Å². The molecule has 2 atom stereocenters. The third-order valence-electron chi connectivity index (χ3n) is 4.66. The number of pyridine rings is 1. The fourth-order valence-electron chi connectivity index (χ4n) is 2.56. The highest BCUT2D eigenvalue weighted by atomic mass is 16.2. The lowest BCUT2D eigenvalue weighted by molar-refractivity contribution is -0.123. The van der Waals surface area contributed by atoms with Gasteiger partial charge in [0.1, 0.15) is 5.82 Å². The monoisotopic (exact) mass is 319 g/mol. The second kappa shape index (κ2) is 8.26. The summed E-state index contributed by atoms with van der Waals surface area (Å²) >= 11 is 0. The Morgan fingerprint density at radius 3 is 2.61 bits per heavy atom. The molecule has 1 saturated heterocycles. The summed E-state index contributed by atoms with van der Waals surface area (Å²) in [4.78, 5) is 21.1. The van der Waals surface area contributed by atoms with E-state index in [-0.39, 0.29) is 11.8 Å². The lowest BCUT2D eigenvalue weighted by atomic mass is 9.99. The Morgan fingerprint density at radius 2 is 2.04 bits per heavy atom. The number of anilines is 1. The molecule has 0 saturated carbocycles. The van der Waals surface area contributed by atoms with Gasteiger partial charge >= 0.3 is 0 Å². The van der Waals surface area contributed by atoms with Crippen LogP contribution >= 0.6 is 0 Å². The van der Waals surface area contributed by atoms with Gasteiger partial charge in [-0.2, -0.15) is 0 Å². The molecular weight excluding hydrogens is 290 g/mol. The third kappa shape index (κ3) is 4.91. The van der Waals surface area contributed by atoms with Crippen LogP contribution in [-0.4, -0.2) is 55.1 Å². The average Bonchev–Trinajstić information content (AvgIpc) is 2.59. The second-order valence-electron chi connectivity index (χ2n) is 6.44. The third-order valence-corrected chi connectivity index (χ3v) is 4.66. The first-order valence-corrected chi connectivity index (χ1v) is 8.43. The fourth-order valence-corrected chi connectivity index (χ4v) is 2.56. The summed E-state index contributed by atoms with van der Waals surface area (Å²) in [6.45, 7) is 8.64. The van der Waals surface area contributed by atoms with Gasteiger partial charge in [-0.25, -0.2) is 4.98 Å². The minimum atomic E-state index is -0.447. The highest BCUT2D eigenvalue weighted by Gasteiger charge is 2.19. The predicted molar refractivity (Wildman–Crippen MR) is 93.2 cm³/mol. The van der Waals surface area contributed by atoms with Crippen molar-refractivity contribution in [1.82, 2.24) is 15.2 Å². The van der Waals surface area contributed by atoms with Crippen LogP contribution in [0.5, 0.6) is 0 Å². The van der Waals surface area contributed by atoms with E-state index in [4.69, 9.17) is 5.73 Å². The van der Waals surface area contributed by atoms with E-state index in [9.17, 15) is 4.79 Å². The zero-order chi connectivity index (χ0) is 16.8. The average molecular weight is 319 g/mol. The molecule has 1 fully saturated rings. The zero-order valence-electron chi connectivity index (χ0n) is 14.5. The first kappa shape index (κ1) is 17.7. The number of nitrogens with zero attached hydrogens (tertiary/aromatic N) is 3. The van der Waals surface area contributed by atoms with E-state index in [0.29, 0.717) is 6.54 Å². The Morgan fingerprint density at radius 1 is 1.35 bits per heavy atom. The SMILES string of the molecule is CCC(C)C(N)C(=O)NCc1ccc(N2CCN(C)CC2)nc1. The molecule has 1 aliphatic rings. The molecule has 2 unspecified atom stereocenters. The number of carbonyl (C=O) groups excluding carboxylic acids is 1. The van der Waals surface area contributed by atoms with Gasteiger partial charge in [-0.3, -0.25) is 4.79 Å². The van der Waals surface area contributed by atoms with E-state index in [1.54, 1.807) is 0 Å². The Kier molecular flexibility index (Phi) is 6.36. The van der Waals surface area contributed by atoms with Crippen molar-refractivity contribution in [2.75, 3.05) is 38.1 Å². The number of nitrogens with two attached hydrogens (primary N) is 1. The number of nitrogens with one attached hydrogen (secondary N) is 1. The maximum Gasteiger partial charge on any atom is 0.237 e. The molecule has 1 aromatic heterocycles. The number of likely N-dealkylation sites (N-methyl/N-ethyl adjacent to an activating group) is 1. The Balaban J connectivity index is 1.84. The lowest BCUT2D eigenvalue weighted by Crippen LogP contribution is -2.45.